The summed E-state index contributed by atoms with van der Waals surface area (Å²) in [4.78, 5) is 31.1. The molecule has 1 aliphatic rings. The van der Waals surface area contributed by atoms with Crippen molar-refractivity contribution in [1.29, 1.82) is 0 Å². The Morgan fingerprint density at radius 2 is 1.97 bits per heavy atom. The van der Waals surface area contributed by atoms with Crippen LogP contribution >= 0.6 is 0 Å². The maximum Gasteiger partial charge on any atom is 0.259 e. The van der Waals surface area contributed by atoms with Gasteiger partial charge >= 0.3 is 0 Å². The monoisotopic (exact) mass is 399 g/mol. The van der Waals surface area contributed by atoms with Crippen LogP contribution in [0.1, 0.15) is 29.6 Å². The van der Waals surface area contributed by atoms with Gasteiger partial charge in [-0.05, 0) is 43.5 Å². The summed E-state index contributed by atoms with van der Waals surface area (Å²) in [7, 11) is 0. The van der Waals surface area contributed by atoms with Gasteiger partial charge in [-0.2, -0.15) is 0 Å². The molecule has 1 aliphatic heterocycles. The number of rotatable bonds is 4. The lowest BCUT2D eigenvalue weighted by Gasteiger charge is -2.23. The molecule has 1 aromatic carbocycles. The number of hydrogen-bond acceptors (Lipinski definition) is 6. The zero-order valence-electron chi connectivity index (χ0n) is 16.2. The summed E-state index contributed by atoms with van der Waals surface area (Å²) < 4.78 is 11.8. The summed E-state index contributed by atoms with van der Waals surface area (Å²) in [6, 6.07) is 10.5. The molecule has 1 aromatic heterocycles. The van der Waals surface area contributed by atoms with Crippen LogP contribution < -0.4 is 14.8 Å². The van der Waals surface area contributed by atoms with Crippen molar-refractivity contribution in [1.82, 2.24) is 15.2 Å². The number of nitrogens with zero attached hydrogens (tertiary/aromatic N) is 2. The van der Waals surface area contributed by atoms with Gasteiger partial charge in [0.2, 0.25) is 11.8 Å². The van der Waals surface area contributed by atoms with Crippen molar-refractivity contribution in [3.05, 3.63) is 48.2 Å². The van der Waals surface area contributed by atoms with E-state index < -0.39 is 0 Å². The van der Waals surface area contributed by atoms with Crippen molar-refractivity contribution in [3.8, 4) is 17.4 Å². The number of fused-ring (bicyclic) bond motifs is 2. The number of benzene rings is 1. The molecule has 2 heterocycles. The first-order chi connectivity index (χ1) is 14.2. The van der Waals surface area contributed by atoms with Gasteiger partial charge in [0, 0.05) is 19.3 Å². The quantitative estimate of drug-likeness (QED) is 0.815. The summed E-state index contributed by atoms with van der Waals surface area (Å²) in [5.41, 5.74) is 0.275. The second-order valence-electron chi connectivity index (χ2n) is 6.61. The predicted molar refractivity (Wildman–Crippen MR) is 106 cm³/mol. The average Bonchev–Trinajstić information content (AvgIpc) is 2.75. The second kappa shape index (κ2) is 10.4. The Balaban J connectivity index is 1.89. The van der Waals surface area contributed by atoms with E-state index >= 15 is 0 Å². The summed E-state index contributed by atoms with van der Waals surface area (Å²) in [5, 5.41) is 11.5. The third-order valence-corrected chi connectivity index (χ3v) is 4.44. The lowest BCUT2D eigenvalue weighted by molar-refractivity contribution is -0.122. The van der Waals surface area contributed by atoms with Crippen LogP contribution in [0.4, 0.5) is 0 Å². The van der Waals surface area contributed by atoms with Crippen LogP contribution in [0.5, 0.6) is 17.4 Å². The molecule has 8 heteroatoms. The highest BCUT2D eigenvalue weighted by molar-refractivity contribution is 5.98. The van der Waals surface area contributed by atoms with E-state index in [1.807, 2.05) is 18.2 Å². The lowest BCUT2D eigenvalue weighted by atomic mass is 10.2. The molecule has 3 rings (SSSR count). The number of para-hydroxylation sites is 2. The van der Waals surface area contributed by atoms with Crippen LogP contribution in [0, 0.1) is 0 Å². The lowest BCUT2D eigenvalue weighted by Crippen LogP contribution is -2.42. The molecular weight excluding hydrogens is 374 g/mol. The molecule has 0 aliphatic carbocycles. The zero-order valence-corrected chi connectivity index (χ0v) is 16.2. The summed E-state index contributed by atoms with van der Waals surface area (Å²) >= 11 is 0. The maximum absolute atomic E-state index is 13.2. The molecule has 154 valence electrons. The number of aromatic nitrogens is 1. The highest BCUT2D eigenvalue weighted by Gasteiger charge is 2.23. The highest BCUT2D eigenvalue weighted by Crippen LogP contribution is 2.32. The van der Waals surface area contributed by atoms with Gasteiger partial charge in [0.15, 0.2) is 11.5 Å². The average molecular weight is 399 g/mol. The Kier molecular flexibility index (Phi) is 7.40. The van der Waals surface area contributed by atoms with E-state index in [0.29, 0.717) is 24.7 Å². The maximum atomic E-state index is 13.2. The minimum absolute atomic E-state index is 0.0970. The van der Waals surface area contributed by atoms with Gasteiger partial charge in [-0.25, -0.2) is 4.98 Å². The van der Waals surface area contributed by atoms with Crippen molar-refractivity contribution in [3.63, 3.8) is 0 Å². The number of aliphatic hydroxyl groups excluding tert-OH is 1. The minimum atomic E-state index is -0.329. The van der Waals surface area contributed by atoms with Crippen molar-refractivity contribution in [2.24, 2.45) is 0 Å². The molecule has 0 radical (unpaired) electrons. The molecule has 0 bridgehead atoms. The van der Waals surface area contributed by atoms with Gasteiger partial charge in [0.25, 0.3) is 5.91 Å². The van der Waals surface area contributed by atoms with E-state index in [0.717, 1.165) is 19.3 Å². The Morgan fingerprint density at radius 1 is 1.14 bits per heavy atom. The largest absolute Gasteiger partial charge is 0.490 e. The molecule has 0 atom stereocenters. The standard InChI is InChI=1S/C21H25N3O5/c25-13-11-22-19(26)15-24-12-4-1-5-14-28-17-8-2-3-9-18(17)29-20-16(21(24)27)7-6-10-23-20/h2-3,6-10,25H,1,4-5,11-15H2,(H,22,26). The van der Waals surface area contributed by atoms with Gasteiger partial charge < -0.3 is 24.8 Å². The fourth-order valence-electron chi connectivity index (χ4n) is 3.00. The first-order valence-corrected chi connectivity index (χ1v) is 9.70. The molecule has 0 unspecified atom stereocenters. The Morgan fingerprint density at radius 3 is 2.79 bits per heavy atom. The predicted octanol–water partition coefficient (Wildman–Crippen LogP) is 1.99. The molecule has 29 heavy (non-hydrogen) atoms. The normalized spacial score (nSPS) is 14.8. The van der Waals surface area contributed by atoms with E-state index in [2.05, 4.69) is 10.3 Å². The van der Waals surface area contributed by atoms with Crippen molar-refractivity contribution < 1.29 is 24.2 Å². The Bertz CT molecular complexity index is 843. The molecule has 2 amide bonds. The molecular formula is C21H25N3O5. The van der Waals surface area contributed by atoms with Crippen LogP contribution in [-0.4, -0.2) is 59.7 Å². The summed E-state index contributed by atoms with van der Waals surface area (Å²) in [6.45, 7) is 0.850. The highest BCUT2D eigenvalue weighted by atomic mass is 16.5. The van der Waals surface area contributed by atoms with E-state index in [-0.39, 0.29) is 43.0 Å². The summed E-state index contributed by atoms with van der Waals surface area (Å²) in [6.07, 6.45) is 3.95. The molecule has 2 N–H and O–H groups in total. The number of aliphatic hydroxyl groups is 1. The Labute approximate surface area is 169 Å². The van der Waals surface area contributed by atoms with E-state index in [1.54, 1.807) is 24.4 Å². The van der Waals surface area contributed by atoms with Gasteiger partial charge in [-0.3, -0.25) is 9.59 Å². The van der Waals surface area contributed by atoms with E-state index in [1.165, 1.54) is 4.90 Å². The van der Waals surface area contributed by atoms with Crippen LogP contribution in [0.15, 0.2) is 42.6 Å². The van der Waals surface area contributed by atoms with Crippen LogP contribution in [0.3, 0.4) is 0 Å². The van der Waals surface area contributed by atoms with Crippen molar-refractivity contribution in [2.75, 3.05) is 32.8 Å². The third-order valence-electron chi connectivity index (χ3n) is 4.44. The first-order valence-electron chi connectivity index (χ1n) is 9.70. The van der Waals surface area contributed by atoms with E-state index in [9.17, 15) is 9.59 Å². The number of carbonyl (C=O) groups excluding carboxylic acids is 2. The Hall–Kier alpha value is -3.13. The molecule has 0 saturated heterocycles. The van der Waals surface area contributed by atoms with Gasteiger partial charge in [0.1, 0.15) is 5.56 Å². The van der Waals surface area contributed by atoms with Gasteiger partial charge in [-0.15, -0.1) is 0 Å². The van der Waals surface area contributed by atoms with Crippen LogP contribution in [0.2, 0.25) is 0 Å². The third kappa shape index (κ3) is 5.68. The first kappa shape index (κ1) is 20.6. The van der Waals surface area contributed by atoms with Crippen molar-refractivity contribution in [2.45, 2.75) is 19.3 Å². The molecule has 0 saturated carbocycles. The summed E-state index contributed by atoms with van der Waals surface area (Å²) in [5.74, 6) is 0.581. The van der Waals surface area contributed by atoms with Crippen LogP contribution in [-0.2, 0) is 4.79 Å². The van der Waals surface area contributed by atoms with Crippen molar-refractivity contribution >= 4 is 11.8 Å². The minimum Gasteiger partial charge on any atom is -0.490 e. The molecule has 0 spiro atoms. The fourth-order valence-corrected chi connectivity index (χ4v) is 3.00. The number of amides is 2. The van der Waals surface area contributed by atoms with Gasteiger partial charge in [-0.1, -0.05) is 12.1 Å². The number of ether oxygens (including phenoxy) is 2. The van der Waals surface area contributed by atoms with E-state index in [4.69, 9.17) is 14.6 Å². The second-order valence-corrected chi connectivity index (χ2v) is 6.61. The SMILES string of the molecule is O=C(CN1CCCCCOc2ccccc2Oc2ncccc2C1=O)NCCO. The van der Waals surface area contributed by atoms with Gasteiger partial charge in [0.05, 0.1) is 19.8 Å². The fraction of sp³-hybridized carbons (Fsp3) is 0.381. The number of carbonyl (C=O) groups is 2. The zero-order chi connectivity index (χ0) is 20.5. The smallest absolute Gasteiger partial charge is 0.259 e. The molecule has 0 fully saturated rings. The van der Waals surface area contributed by atoms with Crippen LogP contribution in [0.25, 0.3) is 0 Å². The topological polar surface area (TPSA) is 101 Å². The number of nitrogens with one attached hydrogen (secondary N) is 1. The number of pyridine rings is 1. The number of hydrogen-bond donors (Lipinski definition) is 2. The molecule has 2 aromatic rings. The molecule has 8 nitrogen and oxygen atoms in total.